The van der Waals surface area contributed by atoms with E-state index >= 15 is 0 Å². The van der Waals surface area contributed by atoms with Crippen LogP contribution in [0.2, 0.25) is 0 Å². The van der Waals surface area contributed by atoms with Gasteiger partial charge in [0.2, 0.25) is 0 Å². The summed E-state index contributed by atoms with van der Waals surface area (Å²) >= 11 is 0. The fraction of sp³-hybridized carbons (Fsp3) is 0.400. The van der Waals surface area contributed by atoms with Gasteiger partial charge in [0, 0.05) is 18.4 Å². The maximum absolute atomic E-state index is 2.23. The highest BCUT2D eigenvalue weighted by Gasteiger charge is 1.89. The maximum Gasteiger partial charge on any atom is 0.0402 e. The summed E-state index contributed by atoms with van der Waals surface area (Å²) in [5.41, 5.74) is 1.32. The van der Waals surface area contributed by atoms with Gasteiger partial charge in [-0.2, -0.15) is 0 Å². The number of rotatable bonds is 3. The lowest BCUT2D eigenvalue weighted by Gasteiger charge is -1.99. The van der Waals surface area contributed by atoms with Crippen LogP contribution in [0.15, 0.2) is 30.5 Å². The molecule has 1 aromatic rings. The lowest BCUT2D eigenvalue weighted by Crippen LogP contribution is -1.94. The van der Waals surface area contributed by atoms with Gasteiger partial charge in [-0.15, -0.1) is 0 Å². The number of nitrogens with zero attached hydrogens (tertiary/aromatic N) is 1. The van der Waals surface area contributed by atoms with Crippen molar-refractivity contribution in [1.82, 2.24) is 4.57 Å². The van der Waals surface area contributed by atoms with Crippen LogP contribution in [0.4, 0.5) is 0 Å². The molecule has 0 bridgehead atoms. The second-order valence-electron chi connectivity index (χ2n) is 2.68. The third kappa shape index (κ3) is 2.26. The minimum Gasteiger partial charge on any atom is -0.348 e. The molecule has 0 fully saturated rings. The first-order chi connectivity index (χ1) is 5.34. The molecule has 0 aliphatic carbocycles. The zero-order valence-corrected chi connectivity index (χ0v) is 7.25. The van der Waals surface area contributed by atoms with Crippen LogP contribution < -0.4 is 0 Å². The van der Waals surface area contributed by atoms with Gasteiger partial charge in [-0.25, -0.2) is 0 Å². The van der Waals surface area contributed by atoms with Gasteiger partial charge < -0.3 is 4.57 Å². The summed E-state index contributed by atoms with van der Waals surface area (Å²) in [4.78, 5) is 0. The molecule has 0 saturated heterocycles. The van der Waals surface area contributed by atoms with Crippen LogP contribution in [0.3, 0.4) is 0 Å². The standard InChI is InChI=1S/C10H15N/c1-3-4-5-8-11-9-6-7-10(11)2/h4-7,9H,3,8H2,1-2H3. The number of hydrogen-bond acceptors (Lipinski definition) is 0. The van der Waals surface area contributed by atoms with E-state index in [-0.39, 0.29) is 0 Å². The van der Waals surface area contributed by atoms with Gasteiger partial charge in [-0.05, 0) is 25.5 Å². The molecule has 0 N–H and O–H groups in total. The SMILES string of the molecule is CCC=CCn1cccc1C. The molecular weight excluding hydrogens is 134 g/mol. The van der Waals surface area contributed by atoms with Crippen molar-refractivity contribution in [1.29, 1.82) is 0 Å². The van der Waals surface area contributed by atoms with Gasteiger partial charge in [-0.1, -0.05) is 19.1 Å². The molecule has 1 rings (SSSR count). The minimum atomic E-state index is 1.01. The van der Waals surface area contributed by atoms with Crippen molar-refractivity contribution in [2.75, 3.05) is 0 Å². The van der Waals surface area contributed by atoms with Crippen LogP contribution in [-0.4, -0.2) is 4.57 Å². The second kappa shape index (κ2) is 4.02. The molecule has 1 heteroatoms. The molecule has 0 radical (unpaired) electrons. The molecule has 1 nitrogen and oxygen atoms in total. The quantitative estimate of drug-likeness (QED) is 0.582. The molecule has 0 amide bonds. The Balaban J connectivity index is 2.50. The van der Waals surface area contributed by atoms with Crippen LogP contribution in [0.25, 0.3) is 0 Å². The van der Waals surface area contributed by atoms with Gasteiger partial charge in [0.1, 0.15) is 0 Å². The van der Waals surface area contributed by atoms with E-state index in [4.69, 9.17) is 0 Å². The molecule has 0 aliphatic rings. The van der Waals surface area contributed by atoms with E-state index < -0.39 is 0 Å². The van der Waals surface area contributed by atoms with Gasteiger partial charge in [-0.3, -0.25) is 0 Å². The number of hydrogen-bond donors (Lipinski definition) is 0. The first-order valence-corrected chi connectivity index (χ1v) is 4.11. The summed E-state index contributed by atoms with van der Waals surface area (Å²) in [6.45, 7) is 5.28. The topological polar surface area (TPSA) is 4.93 Å². The minimum absolute atomic E-state index is 1.01. The van der Waals surface area contributed by atoms with Gasteiger partial charge in [0.05, 0.1) is 0 Å². The Morgan fingerprint density at radius 2 is 2.27 bits per heavy atom. The van der Waals surface area contributed by atoms with Gasteiger partial charge >= 0.3 is 0 Å². The van der Waals surface area contributed by atoms with E-state index in [9.17, 15) is 0 Å². The van der Waals surface area contributed by atoms with E-state index in [0.717, 1.165) is 13.0 Å². The molecule has 1 aromatic heterocycles. The van der Waals surface area contributed by atoms with Crippen LogP contribution in [-0.2, 0) is 6.54 Å². The first-order valence-electron chi connectivity index (χ1n) is 4.11. The van der Waals surface area contributed by atoms with Crippen molar-refractivity contribution in [2.45, 2.75) is 26.8 Å². The smallest absolute Gasteiger partial charge is 0.0402 e. The van der Waals surface area contributed by atoms with Crippen molar-refractivity contribution >= 4 is 0 Å². The zero-order valence-electron chi connectivity index (χ0n) is 7.25. The second-order valence-corrected chi connectivity index (χ2v) is 2.68. The molecule has 1 heterocycles. The normalized spacial score (nSPS) is 11.1. The van der Waals surface area contributed by atoms with Gasteiger partial charge in [0.15, 0.2) is 0 Å². The zero-order chi connectivity index (χ0) is 8.10. The predicted molar refractivity (Wildman–Crippen MR) is 48.6 cm³/mol. The maximum atomic E-state index is 2.23. The molecule has 60 valence electrons. The van der Waals surface area contributed by atoms with Crippen LogP contribution >= 0.6 is 0 Å². The molecule has 0 atom stereocenters. The van der Waals surface area contributed by atoms with Crippen LogP contribution in [0.1, 0.15) is 19.0 Å². The van der Waals surface area contributed by atoms with E-state index in [2.05, 4.69) is 48.9 Å². The highest BCUT2D eigenvalue weighted by atomic mass is 14.9. The summed E-state index contributed by atoms with van der Waals surface area (Å²) in [6.07, 6.45) is 7.63. The molecule has 0 unspecified atom stereocenters. The van der Waals surface area contributed by atoms with Crippen molar-refractivity contribution in [3.05, 3.63) is 36.2 Å². The molecular formula is C10H15N. The largest absolute Gasteiger partial charge is 0.348 e. The molecule has 0 aromatic carbocycles. The Kier molecular flexibility index (Phi) is 2.96. The van der Waals surface area contributed by atoms with E-state index in [1.165, 1.54) is 5.69 Å². The fourth-order valence-corrected chi connectivity index (χ4v) is 1.06. The summed E-state index contributed by atoms with van der Waals surface area (Å²) in [6, 6.07) is 4.20. The molecule has 11 heavy (non-hydrogen) atoms. The first kappa shape index (κ1) is 8.12. The highest BCUT2D eigenvalue weighted by Crippen LogP contribution is 1.99. The molecule has 0 aliphatic heterocycles. The number of aryl methyl sites for hydroxylation is 1. The monoisotopic (exact) mass is 149 g/mol. The van der Waals surface area contributed by atoms with Gasteiger partial charge in [0.25, 0.3) is 0 Å². The van der Waals surface area contributed by atoms with Crippen molar-refractivity contribution in [3.8, 4) is 0 Å². The Morgan fingerprint density at radius 1 is 1.45 bits per heavy atom. The predicted octanol–water partition coefficient (Wildman–Crippen LogP) is 2.76. The average molecular weight is 149 g/mol. The Labute approximate surface area is 68.4 Å². The van der Waals surface area contributed by atoms with Crippen LogP contribution in [0, 0.1) is 6.92 Å². The Hall–Kier alpha value is -0.980. The van der Waals surface area contributed by atoms with E-state index in [0.29, 0.717) is 0 Å². The summed E-state index contributed by atoms with van der Waals surface area (Å²) in [5.74, 6) is 0. The number of aromatic nitrogens is 1. The Bertz CT molecular complexity index is 233. The average Bonchev–Trinajstić information content (AvgIpc) is 2.37. The molecule has 0 saturated carbocycles. The summed E-state index contributed by atoms with van der Waals surface area (Å²) in [5, 5.41) is 0. The fourth-order valence-electron chi connectivity index (χ4n) is 1.06. The summed E-state index contributed by atoms with van der Waals surface area (Å²) < 4.78 is 2.23. The highest BCUT2D eigenvalue weighted by molar-refractivity contribution is 5.05. The third-order valence-corrected chi connectivity index (χ3v) is 1.76. The Morgan fingerprint density at radius 3 is 2.82 bits per heavy atom. The van der Waals surface area contributed by atoms with E-state index in [1.807, 2.05) is 0 Å². The lowest BCUT2D eigenvalue weighted by molar-refractivity contribution is 0.794. The lowest BCUT2D eigenvalue weighted by atomic mass is 10.4. The van der Waals surface area contributed by atoms with Crippen molar-refractivity contribution < 1.29 is 0 Å². The van der Waals surface area contributed by atoms with Crippen molar-refractivity contribution in [3.63, 3.8) is 0 Å². The van der Waals surface area contributed by atoms with Crippen LogP contribution in [0.5, 0.6) is 0 Å². The number of allylic oxidation sites excluding steroid dienone is 2. The van der Waals surface area contributed by atoms with E-state index in [1.54, 1.807) is 0 Å². The molecule has 0 spiro atoms. The summed E-state index contributed by atoms with van der Waals surface area (Å²) in [7, 11) is 0. The third-order valence-electron chi connectivity index (χ3n) is 1.76. The van der Waals surface area contributed by atoms with Crippen molar-refractivity contribution in [2.24, 2.45) is 0 Å².